The molecular weight excluding hydrogens is 460 g/mol. The van der Waals surface area contributed by atoms with E-state index in [1.54, 1.807) is 24.3 Å². The molecule has 1 rings (SSSR count). The Morgan fingerprint density at radius 3 is 1.23 bits per heavy atom. The summed E-state index contributed by atoms with van der Waals surface area (Å²) in [5.41, 5.74) is 1.64. The van der Waals surface area contributed by atoms with E-state index < -0.39 is 41.9 Å². The third kappa shape index (κ3) is 13.2. The van der Waals surface area contributed by atoms with Crippen LogP contribution in [0.25, 0.3) is 0 Å². The molecule has 3 N–H and O–H groups in total. The van der Waals surface area contributed by atoms with Gasteiger partial charge in [0.05, 0.1) is 17.3 Å². The van der Waals surface area contributed by atoms with Gasteiger partial charge in [0, 0.05) is 32.7 Å². The van der Waals surface area contributed by atoms with E-state index in [4.69, 9.17) is 13.7 Å². The molecule has 0 bridgehead atoms. The number of rotatable bonds is 14. The summed E-state index contributed by atoms with van der Waals surface area (Å²) in [6.07, 6.45) is 0. The van der Waals surface area contributed by atoms with Gasteiger partial charge in [-0.15, -0.1) is 0 Å². The standard InChI is InChI=1S/C16H28N2O9S3/c1-2-17(7-10-28(19,20)21)13-15-3-5-16(6-4-15)14-18(8-11-29(22,23)24)9-12-30(25,26)27/h3-6H,2,7-14H2,1H3,(H,19,20,21)(H,22,23,24)(H,25,26,27). The van der Waals surface area contributed by atoms with Crippen LogP contribution in [0.4, 0.5) is 0 Å². The highest BCUT2D eigenvalue weighted by molar-refractivity contribution is 7.86. The van der Waals surface area contributed by atoms with Gasteiger partial charge in [0.15, 0.2) is 0 Å². The largest absolute Gasteiger partial charge is 0.298 e. The summed E-state index contributed by atoms with van der Waals surface area (Å²) < 4.78 is 92.4. The summed E-state index contributed by atoms with van der Waals surface area (Å²) in [7, 11) is -12.5. The number of nitrogens with zero attached hydrogens (tertiary/aromatic N) is 2. The molecule has 0 radical (unpaired) electrons. The molecule has 174 valence electrons. The van der Waals surface area contributed by atoms with Crippen molar-refractivity contribution in [1.29, 1.82) is 0 Å². The SMILES string of the molecule is CCN(CCS(=O)(=O)O)Cc1ccc(CN(CCS(=O)(=O)O)CCS(=O)(=O)O)cc1. The molecule has 0 unspecified atom stereocenters. The van der Waals surface area contributed by atoms with Gasteiger partial charge in [-0.1, -0.05) is 31.2 Å². The lowest BCUT2D eigenvalue weighted by Gasteiger charge is -2.22. The monoisotopic (exact) mass is 488 g/mol. The highest BCUT2D eigenvalue weighted by atomic mass is 32.2. The molecule has 0 saturated heterocycles. The molecule has 14 heteroatoms. The minimum atomic E-state index is -4.22. The molecular formula is C16H28N2O9S3. The van der Waals surface area contributed by atoms with E-state index in [0.717, 1.165) is 11.1 Å². The Balaban J connectivity index is 2.76. The highest BCUT2D eigenvalue weighted by Gasteiger charge is 2.15. The molecule has 0 spiro atoms. The normalized spacial score (nSPS) is 13.3. The zero-order valence-electron chi connectivity index (χ0n) is 16.6. The molecule has 0 aliphatic heterocycles. The summed E-state index contributed by atoms with van der Waals surface area (Å²) in [6, 6.07) is 7.13. The fourth-order valence-electron chi connectivity index (χ4n) is 2.62. The van der Waals surface area contributed by atoms with Crippen molar-refractivity contribution in [3.05, 3.63) is 35.4 Å². The van der Waals surface area contributed by atoms with Gasteiger partial charge in [0.1, 0.15) is 0 Å². The fourth-order valence-corrected chi connectivity index (χ4v) is 4.09. The predicted octanol–water partition coefficient (Wildman–Crippen LogP) is -0.0261. The zero-order valence-corrected chi connectivity index (χ0v) is 19.0. The van der Waals surface area contributed by atoms with Crippen molar-refractivity contribution in [2.75, 3.05) is 43.4 Å². The first kappa shape index (κ1) is 26.9. The molecule has 0 atom stereocenters. The molecule has 0 fully saturated rings. The second-order valence-electron chi connectivity index (χ2n) is 6.82. The maximum atomic E-state index is 11.0. The van der Waals surface area contributed by atoms with Crippen LogP contribution in [0, 0.1) is 0 Å². The minimum Gasteiger partial charge on any atom is -0.298 e. The molecule has 0 amide bonds. The van der Waals surface area contributed by atoms with Crippen LogP contribution in [0.5, 0.6) is 0 Å². The number of benzene rings is 1. The van der Waals surface area contributed by atoms with Crippen LogP contribution in [-0.2, 0) is 43.4 Å². The van der Waals surface area contributed by atoms with E-state index in [-0.39, 0.29) is 31.9 Å². The van der Waals surface area contributed by atoms with Crippen molar-refractivity contribution in [3.63, 3.8) is 0 Å². The molecule has 11 nitrogen and oxygen atoms in total. The van der Waals surface area contributed by atoms with Crippen molar-refractivity contribution < 1.29 is 38.9 Å². The summed E-state index contributed by atoms with van der Waals surface area (Å²) >= 11 is 0. The van der Waals surface area contributed by atoms with Crippen molar-refractivity contribution in [3.8, 4) is 0 Å². The maximum absolute atomic E-state index is 11.0. The van der Waals surface area contributed by atoms with Crippen LogP contribution in [-0.4, -0.2) is 92.1 Å². The number of hydrogen-bond donors (Lipinski definition) is 3. The highest BCUT2D eigenvalue weighted by Crippen LogP contribution is 2.11. The van der Waals surface area contributed by atoms with Gasteiger partial charge in [-0.25, -0.2) is 0 Å². The molecule has 0 saturated carbocycles. The molecule has 1 aromatic carbocycles. The molecule has 30 heavy (non-hydrogen) atoms. The topological polar surface area (TPSA) is 170 Å². The van der Waals surface area contributed by atoms with Gasteiger partial charge in [-0.05, 0) is 17.7 Å². The van der Waals surface area contributed by atoms with Crippen LogP contribution in [0.1, 0.15) is 18.1 Å². The van der Waals surface area contributed by atoms with E-state index in [0.29, 0.717) is 13.1 Å². The third-order valence-corrected chi connectivity index (χ3v) is 6.37. The van der Waals surface area contributed by atoms with Crippen LogP contribution in [0.3, 0.4) is 0 Å². The van der Waals surface area contributed by atoms with Gasteiger partial charge < -0.3 is 0 Å². The Hall–Kier alpha value is -1.13. The van der Waals surface area contributed by atoms with E-state index in [2.05, 4.69) is 0 Å². The summed E-state index contributed by atoms with van der Waals surface area (Å²) in [6.45, 7) is 3.05. The van der Waals surface area contributed by atoms with Crippen LogP contribution >= 0.6 is 0 Å². The Labute approximate surface area is 177 Å². The first-order valence-corrected chi connectivity index (χ1v) is 13.9. The summed E-state index contributed by atoms with van der Waals surface area (Å²) in [5, 5.41) is 0. The first-order chi connectivity index (χ1) is 13.7. The van der Waals surface area contributed by atoms with E-state index >= 15 is 0 Å². The quantitative estimate of drug-likeness (QED) is 0.301. The van der Waals surface area contributed by atoms with Crippen molar-refractivity contribution >= 4 is 30.4 Å². The maximum Gasteiger partial charge on any atom is 0.266 e. The molecule has 1 aromatic rings. The Kier molecular flexibility index (Phi) is 10.3. The predicted molar refractivity (Wildman–Crippen MR) is 112 cm³/mol. The summed E-state index contributed by atoms with van der Waals surface area (Å²) in [4.78, 5) is 3.33. The van der Waals surface area contributed by atoms with Crippen molar-refractivity contribution in [1.82, 2.24) is 9.80 Å². The lowest BCUT2D eigenvalue weighted by Crippen LogP contribution is -2.33. The Morgan fingerprint density at radius 2 is 0.933 bits per heavy atom. The van der Waals surface area contributed by atoms with E-state index in [1.807, 2.05) is 11.8 Å². The second-order valence-corrected chi connectivity index (χ2v) is 11.5. The summed E-state index contributed by atoms with van der Waals surface area (Å²) in [5.74, 6) is -1.51. The molecule has 0 heterocycles. The molecule has 0 aliphatic rings. The van der Waals surface area contributed by atoms with Crippen LogP contribution in [0.15, 0.2) is 24.3 Å². The van der Waals surface area contributed by atoms with Crippen molar-refractivity contribution in [2.24, 2.45) is 0 Å². The van der Waals surface area contributed by atoms with Crippen LogP contribution in [0.2, 0.25) is 0 Å². The average molecular weight is 489 g/mol. The van der Waals surface area contributed by atoms with Gasteiger partial charge >= 0.3 is 0 Å². The van der Waals surface area contributed by atoms with E-state index in [1.165, 1.54) is 4.90 Å². The third-order valence-electron chi connectivity index (χ3n) is 4.28. The fraction of sp³-hybridized carbons (Fsp3) is 0.625. The Bertz CT molecular complexity index is 939. The van der Waals surface area contributed by atoms with Crippen LogP contribution < -0.4 is 0 Å². The lowest BCUT2D eigenvalue weighted by atomic mass is 10.1. The second kappa shape index (κ2) is 11.5. The molecule has 0 aliphatic carbocycles. The van der Waals surface area contributed by atoms with E-state index in [9.17, 15) is 25.3 Å². The zero-order chi connectivity index (χ0) is 23.0. The average Bonchev–Trinajstić information content (AvgIpc) is 2.60. The molecule has 0 aromatic heterocycles. The van der Waals surface area contributed by atoms with Gasteiger partial charge in [-0.2, -0.15) is 25.3 Å². The van der Waals surface area contributed by atoms with Crippen molar-refractivity contribution in [2.45, 2.75) is 20.0 Å². The number of hydrogen-bond acceptors (Lipinski definition) is 8. The van der Waals surface area contributed by atoms with Gasteiger partial charge in [-0.3, -0.25) is 23.5 Å². The lowest BCUT2D eigenvalue weighted by molar-refractivity contribution is 0.290. The Morgan fingerprint density at radius 1 is 0.633 bits per heavy atom. The van der Waals surface area contributed by atoms with Gasteiger partial charge in [0.2, 0.25) is 0 Å². The smallest absolute Gasteiger partial charge is 0.266 e. The minimum absolute atomic E-state index is 0.116. The first-order valence-electron chi connectivity index (χ1n) is 9.05. The van der Waals surface area contributed by atoms with Gasteiger partial charge in [0.25, 0.3) is 30.4 Å².